The largest absolute Gasteiger partial charge is 0.394 e. The van der Waals surface area contributed by atoms with Crippen molar-refractivity contribution >= 4 is 5.91 Å². The Morgan fingerprint density at radius 1 is 0.446 bits per heavy atom. The zero-order valence-corrected chi connectivity index (χ0v) is 48.9. The summed E-state index contributed by atoms with van der Waals surface area (Å²) in [5.74, 6) is -0.170. The lowest BCUT2D eigenvalue weighted by Gasteiger charge is -2.40. The Hall–Kier alpha value is -1.33. The topological polar surface area (TPSA) is 149 Å². The number of carbonyl (C=O) groups excluding carboxylic acids is 1. The van der Waals surface area contributed by atoms with E-state index in [1.54, 1.807) is 6.08 Å². The van der Waals surface area contributed by atoms with Gasteiger partial charge in [-0.2, -0.15) is 0 Å². The molecule has 438 valence electrons. The van der Waals surface area contributed by atoms with Crippen molar-refractivity contribution in [2.75, 3.05) is 13.2 Å². The zero-order valence-electron chi connectivity index (χ0n) is 48.9. The summed E-state index contributed by atoms with van der Waals surface area (Å²) in [6.07, 6.45) is 64.1. The molecule has 1 rings (SSSR count). The molecule has 74 heavy (non-hydrogen) atoms. The van der Waals surface area contributed by atoms with Crippen LogP contribution in [0.5, 0.6) is 0 Å². The van der Waals surface area contributed by atoms with Gasteiger partial charge in [0.2, 0.25) is 5.91 Å². The third-order valence-electron chi connectivity index (χ3n) is 15.8. The normalized spacial score (nSPS) is 19.0. The predicted octanol–water partition coefficient (Wildman–Crippen LogP) is 16.9. The van der Waals surface area contributed by atoms with Gasteiger partial charge in [0.25, 0.3) is 0 Å². The number of hydrogen-bond acceptors (Lipinski definition) is 8. The molecule has 0 saturated carbocycles. The molecule has 7 atom stereocenters. The minimum absolute atomic E-state index is 0.170. The van der Waals surface area contributed by atoms with Crippen LogP contribution < -0.4 is 5.32 Å². The molecule has 1 saturated heterocycles. The first-order chi connectivity index (χ1) is 36.3. The summed E-state index contributed by atoms with van der Waals surface area (Å²) in [4.78, 5) is 13.1. The second-order valence-electron chi connectivity index (χ2n) is 22.9. The maximum Gasteiger partial charge on any atom is 0.220 e. The molecule has 1 aliphatic heterocycles. The molecule has 7 unspecified atom stereocenters. The standard InChI is InChI=1S/C65H125NO8/c1-3-5-7-9-11-13-15-17-19-21-23-25-26-27-28-29-30-31-32-33-34-35-37-39-41-43-45-47-49-51-53-55-61(69)66-58(57-73-65-64(72)63(71)62(70)60(56-67)74-65)59(68)54-52-50-48-46-44-42-40-38-36-24-22-20-18-16-14-12-10-8-6-4-2/h21,23,52,54,58-60,62-65,67-68,70-72H,3-20,22,24-51,53,55-57H2,1-2H3,(H,66,69)/b23-21-,54-52+. The van der Waals surface area contributed by atoms with Crippen molar-refractivity contribution in [2.24, 2.45) is 0 Å². The van der Waals surface area contributed by atoms with Gasteiger partial charge >= 0.3 is 0 Å². The number of rotatable bonds is 57. The Morgan fingerprint density at radius 2 is 0.757 bits per heavy atom. The molecular weight excluding hydrogens is 923 g/mol. The highest BCUT2D eigenvalue weighted by Crippen LogP contribution is 2.23. The van der Waals surface area contributed by atoms with Gasteiger partial charge in [0.1, 0.15) is 24.4 Å². The SMILES string of the molecule is CCCCCCCCCC/C=C\CCCCCCCCCCCCCCCCCCCCCC(=O)NC(COC1OC(CO)C(O)C(O)C1O)C(O)/C=C/CCCCCCCCCCCCCCCCCCCC. The first kappa shape index (κ1) is 70.7. The van der Waals surface area contributed by atoms with E-state index < -0.39 is 49.5 Å². The molecule has 0 aliphatic carbocycles. The third-order valence-corrected chi connectivity index (χ3v) is 15.8. The van der Waals surface area contributed by atoms with Crippen molar-refractivity contribution in [3.05, 3.63) is 24.3 Å². The van der Waals surface area contributed by atoms with Gasteiger partial charge in [-0.05, 0) is 44.9 Å². The van der Waals surface area contributed by atoms with E-state index in [4.69, 9.17) is 9.47 Å². The highest BCUT2D eigenvalue weighted by atomic mass is 16.7. The number of carbonyl (C=O) groups is 1. The van der Waals surface area contributed by atoms with E-state index in [9.17, 15) is 30.3 Å². The van der Waals surface area contributed by atoms with Gasteiger partial charge in [0.05, 0.1) is 25.4 Å². The van der Waals surface area contributed by atoms with Crippen LogP contribution in [0.2, 0.25) is 0 Å². The highest BCUT2D eigenvalue weighted by Gasteiger charge is 2.44. The molecule has 0 aromatic carbocycles. The van der Waals surface area contributed by atoms with Crippen molar-refractivity contribution in [1.82, 2.24) is 5.32 Å². The molecule has 0 aromatic heterocycles. The van der Waals surface area contributed by atoms with E-state index in [1.165, 1.54) is 270 Å². The van der Waals surface area contributed by atoms with E-state index in [0.29, 0.717) is 6.42 Å². The zero-order chi connectivity index (χ0) is 53.6. The molecule has 0 aromatic rings. The molecule has 1 aliphatic rings. The average Bonchev–Trinajstić information content (AvgIpc) is 3.40. The minimum atomic E-state index is -1.56. The molecule has 6 N–H and O–H groups in total. The van der Waals surface area contributed by atoms with Crippen LogP contribution in [0.25, 0.3) is 0 Å². The molecule has 0 bridgehead atoms. The molecular formula is C65H125NO8. The van der Waals surface area contributed by atoms with Gasteiger partial charge in [-0.1, -0.05) is 301 Å². The smallest absolute Gasteiger partial charge is 0.220 e. The van der Waals surface area contributed by atoms with E-state index in [2.05, 4.69) is 31.3 Å². The van der Waals surface area contributed by atoms with Gasteiger partial charge in [-0.25, -0.2) is 0 Å². The summed E-state index contributed by atoms with van der Waals surface area (Å²) < 4.78 is 11.3. The number of hydrogen-bond donors (Lipinski definition) is 6. The van der Waals surface area contributed by atoms with Gasteiger partial charge in [-0.3, -0.25) is 4.79 Å². The van der Waals surface area contributed by atoms with Crippen molar-refractivity contribution in [2.45, 2.75) is 371 Å². The van der Waals surface area contributed by atoms with Crippen LogP contribution in [-0.2, 0) is 14.3 Å². The van der Waals surface area contributed by atoms with Crippen LogP contribution in [0.15, 0.2) is 24.3 Å². The van der Waals surface area contributed by atoms with Gasteiger partial charge in [0, 0.05) is 6.42 Å². The van der Waals surface area contributed by atoms with Crippen molar-refractivity contribution < 1.29 is 39.8 Å². The number of amides is 1. The number of aliphatic hydroxyl groups is 5. The molecule has 1 fully saturated rings. The number of allylic oxidation sites excluding steroid dienone is 3. The molecule has 1 amide bonds. The Labute approximate surface area is 458 Å². The van der Waals surface area contributed by atoms with E-state index in [0.717, 1.165) is 38.5 Å². The number of unbranched alkanes of at least 4 members (excludes halogenated alkanes) is 45. The fourth-order valence-corrected chi connectivity index (χ4v) is 10.6. The van der Waals surface area contributed by atoms with Crippen molar-refractivity contribution in [3.8, 4) is 0 Å². The first-order valence-corrected chi connectivity index (χ1v) is 32.6. The van der Waals surface area contributed by atoms with Crippen LogP contribution in [0.3, 0.4) is 0 Å². The fraction of sp³-hybridized carbons (Fsp3) is 0.923. The van der Waals surface area contributed by atoms with E-state index in [1.807, 2.05) is 6.08 Å². The Bertz CT molecular complexity index is 1210. The van der Waals surface area contributed by atoms with Crippen molar-refractivity contribution in [3.63, 3.8) is 0 Å². The molecule has 0 radical (unpaired) electrons. The summed E-state index contributed by atoms with van der Waals surface area (Å²) in [6, 6.07) is -0.803. The monoisotopic (exact) mass is 1050 g/mol. The molecule has 9 heteroatoms. The van der Waals surface area contributed by atoms with Gasteiger partial charge in [0.15, 0.2) is 6.29 Å². The number of ether oxygens (including phenoxy) is 2. The summed E-state index contributed by atoms with van der Waals surface area (Å²) in [5.41, 5.74) is 0. The summed E-state index contributed by atoms with van der Waals surface area (Å²) in [5, 5.41) is 54.6. The lowest BCUT2D eigenvalue weighted by atomic mass is 9.99. The molecule has 9 nitrogen and oxygen atoms in total. The predicted molar refractivity (Wildman–Crippen MR) is 314 cm³/mol. The molecule has 0 spiro atoms. The van der Waals surface area contributed by atoms with Crippen LogP contribution in [-0.4, -0.2) is 87.5 Å². The van der Waals surface area contributed by atoms with Crippen LogP contribution in [0, 0.1) is 0 Å². The van der Waals surface area contributed by atoms with Gasteiger partial charge < -0.3 is 40.3 Å². The summed E-state index contributed by atoms with van der Waals surface area (Å²) >= 11 is 0. The summed E-state index contributed by atoms with van der Waals surface area (Å²) in [7, 11) is 0. The van der Waals surface area contributed by atoms with Crippen LogP contribution >= 0.6 is 0 Å². The second-order valence-corrected chi connectivity index (χ2v) is 22.9. The maximum atomic E-state index is 13.1. The highest BCUT2D eigenvalue weighted by molar-refractivity contribution is 5.76. The Kier molecular flexibility index (Phi) is 52.5. The molecule has 1 heterocycles. The summed E-state index contributed by atoms with van der Waals surface area (Å²) in [6.45, 7) is 3.83. The lowest BCUT2D eigenvalue weighted by Crippen LogP contribution is -2.60. The number of nitrogens with one attached hydrogen (secondary N) is 1. The van der Waals surface area contributed by atoms with Crippen molar-refractivity contribution in [1.29, 1.82) is 0 Å². The Balaban J connectivity index is 2.13. The third kappa shape index (κ3) is 43.6. The van der Waals surface area contributed by atoms with Crippen LogP contribution in [0.1, 0.15) is 328 Å². The Morgan fingerprint density at radius 3 is 1.09 bits per heavy atom. The average molecular weight is 1050 g/mol. The minimum Gasteiger partial charge on any atom is -0.394 e. The number of aliphatic hydroxyl groups excluding tert-OH is 5. The quantitative estimate of drug-likeness (QED) is 0.0261. The van der Waals surface area contributed by atoms with E-state index in [-0.39, 0.29) is 12.5 Å². The fourth-order valence-electron chi connectivity index (χ4n) is 10.6. The maximum absolute atomic E-state index is 13.1. The second kappa shape index (κ2) is 55.0. The lowest BCUT2D eigenvalue weighted by molar-refractivity contribution is -0.302. The van der Waals surface area contributed by atoms with Crippen LogP contribution in [0.4, 0.5) is 0 Å². The van der Waals surface area contributed by atoms with E-state index >= 15 is 0 Å². The van der Waals surface area contributed by atoms with Gasteiger partial charge in [-0.15, -0.1) is 0 Å². The first-order valence-electron chi connectivity index (χ1n) is 32.6.